The van der Waals surface area contributed by atoms with Gasteiger partial charge in [0.1, 0.15) is 0 Å². The molecule has 1 aliphatic heterocycles. The van der Waals surface area contributed by atoms with Gasteiger partial charge in [0, 0.05) is 24.2 Å². The molecule has 2 saturated carbocycles. The van der Waals surface area contributed by atoms with Crippen molar-refractivity contribution in [3.63, 3.8) is 0 Å². The fourth-order valence-electron chi connectivity index (χ4n) is 5.03. The van der Waals surface area contributed by atoms with Crippen LogP contribution in [0, 0.1) is 17.8 Å². The van der Waals surface area contributed by atoms with Crippen LogP contribution in [0.5, 0.6) is 0 Å². The van der Waals surface area contributed by atoms with E-state index in [2.05, 4.69) is 16.3 Å². The first-order valence-electron chi connectivity index (χ1n) is 9.44. The van der Waals surface area contributed by atoms with Gasteiger partial charge in [0.2, 0.25) is 5.91 Å². The normalized spacial score (nSPS) is 32.9. The van der Waals surface area contributed by atoms with Crippen molar-refractivity contribution in [3.05, 3.63) is 34.9 Å². The van der Waals surface area contributed by atoms with E-state index >= 15 is 0 Å². The second-order valence-electron chi connectivity index (χ2n) is 7.99. The predicted molar refractivity (Wildman–Crippen MR) is 96.8 cm³/mol. The lowest BCUT2D eigenvalue weighted by Gasteiger charge is -2.33. The Bertz CT molecular complexity index is 605. The summed E-state index contributed by atoms with van der Waals surface area (Å²) in [6, 6.07) is 8.51. The summed E-state index contributed by atoms with van der Waals surface area (Å²) in [4.78, 5) is 15.1. The van der Waals surface area contributed by atoms with E-state index in [0.29, 0.717) is 11.9 Å². The van der Waals surface area contributed by atoms with Gasteiger partial charge in [-0.15, -0.1) is 0 Å². The molecule has 0 aromatic heterocycles. The van der Waals surface area contributed by atoms with Crippen LogP contribution in [0.4, 0.5) is 0 Å². The van der Waals surface area contributed by atoms with Crippen LogP contribution in [0.15, 0.2) is 24.3 Å². The second kappa shape index (κ2) is 7.05. The molecule has 4 rings (SSSR count). The molecule has 0 radical (unpaired) electrons. The number of hydrogen-bond donors (Lipinski definition) is 1. The molecule has 4 heteroatoms. The highest BCUT2D eigenvalue weighted by Gasteiger charge is 2.41. The fraction of sp³-hybridized carbons (Fsp3) is 0.650. The fourth-order valence-corrected chi connectivity index (χ4v) is 5.24. The number of hydrogen-bond acceptors (Lipinski definition) is 2. The Labute approximate surface area is 149 Å². The van der Waals surface area contributed by atoms with Gasteiger partial charge in [0.05, 0.1) is 5.92 Å². The maximum absolute atomic E-state index is 12.7. The van der Waals surface area contributed by atoms with Gasteiger partial charge >= 0.3 is 0 Å². The SMILES string of the molecule is O=C(NC1CC2CCC1C2)C1CCCN(Cc2cccc(Cl)c2)C1. The highest BCUT2D eigenvalue weighted by Crippen LogP contribution is 2.44. The van der Waals surface area contributed by atoms with Crippen LogP contribution < -0.4 is 5.32 Å². The second-order valence-corrected chi connectivity index (χ2v) is 8.43. The number of halogens is 1. The van der Waals surface area contributed by atoms with E-state index in [0.717, 1.165) is 49.3 Å². The summed E-state index contributed by atoms with van der Waals surface area (Å²) in [7, 11) is 0. The molecular weight excluding hydrogens is 320 g/mol. The van der Waals surface area contributed by atoms with Crippen molar-refractivity contribution in [1.82, 2.24) is 10.2 Å². The van der Waals surface area contributed by atoms with E-state index in [1.807, 2.05) is 18.2 Å². The van der Waals surface area contributed by atoms with E-state index in [9.17, 15) is 4.79 Å². The van der Waals surface area contributed by atoms with Crippen molar-refractivity contribution in [3.8, 4) is 0 Å². The predicted octanol–water partition coefficient (Wildman–Crippen LogP) is 3.86. The van der Waals surface area contributed by atoms with Crippen LogP contribution in [0.3, 0.4) is 0 Å². The molecule has 2 aliphatic carbocycles. The number of rotatable bonds is 4. The number of carbonyl (C=O) groups excluding carboxylic acids is 1. The third-order valence-corrected chi connectivity index (χ3v) is 6.47. The Morgan fingerprint density at radius 1 is 1.25 bits per heavy atom. The molecule has 1 aromatic rings. The van der Waals surface area contributed by atoms with E-state index in [-0.39, 0.29) is 5.92 Å². The zero-order valence-electron chi connectivity index (χ0n) is 14.2. The topological polar surface area (TPSA) is 32.3 Å². The first-order valence-corrected chi connectivity index (χ1v) is 9.82. The molecule has 4 unspecified atom stereocenters. The summed E-state index contributed by atoms with van der Waals surface area (Å²) >= 11 is 6.09. The number of likely N-dealkylation sites (tertiary alicyclic amines) is 1. The van der Waals surface area contributed by atoms with Crippen molar-refractivity contribution in [2.75, 3.05) is 13.1 Å². The van der Waals surface area contributed by atoms with E-state index < -0.39 is 0 Å². The van der Waals surface area contributed by atoms with Gasteiger partial charge in [-0.25, -0.2) is 0 Å². The summed E-state index contributed by atoms with van der Waals surface area (Å²) in [5, 5.41) is 4.17. The van der Waals surface area contributed by atoms with Crippen molar-refractivity contribution >= 4 is 17.5 Å². The Morgan fingerprint density at radius 3 is 2.92 bits per heavy atom. The standard InChI is InChI=1S/C20H27ClN2O/c21-18-5-1-3-15(10-18)12-23-8-2-4-17(13-23)20(24)22-19-11-14-6-7-16(19)9-14/h1,3,5,10,14,16-17,19H,2,4,6-9,11-13H2,(H,22,24). The molecule has 4 atom stereocenters. The molecule has 1 N–H and O–H groups in total. The van der Waals surface area contributed by atoms with Crippen molar-refractivity contribution < 1.29 is 4.79 Å². The quantitative estimate of drug-likeness (QED) is 0.897. The first-order chi connectivity index (χ1) is 11.7. The van der Waals surface area contributed by atoms with Gasteiger partial charge in [-0.2, -0.15) is 0 Å². The highest BCUT2D eigenvalue weighted by molar-refractivity contribution is 6.30. The third kappa shape index (κ3) is 3.62. The highest BCUT2D eigenvalue weighted by atomic mass is 35.5. The maximum atomic E-state index is 12.7. The largest absolute Gasteiger partial charge is 0.353 e. The lowest BCUT2D eigenvalue weighted by Crippen LogP contribution is -2.47. The number of piperidine rings is 1. The van der Waals surface area contributed by atoms with Gasteiger partial charge in [-0.1, -0.05) is 30.2 Å². The molecule has 1 amide bonds. The monoisotopic (exact) mass is 346 g/mol. The van der Waals surface area contributed by atoms with Crippen LogP contribution in [-0.2, 0) is 11.3 Å². The van der Waals surface area contributed by atoms with Crippen LogP contribution in [0.25, 0.3) is 0 Å². The molecule has 3 fully saturated rings. The smallest absolute Gasteiger partial charge is 0.224 e. The van der Waals surface area contributed by atoms with Gasteiger partial charge in [-0.3, -0.25) is 9.69 Å². The zero-order chi connectivity index (χ0) is 16.5. The minimum absolute atomic E-state index is 0.150. The summed E-state index contributed by atoms with van der Waals surface area (Å²) in [6.45, 7) is 2.84. The lowest BCUT2D eigenvalue weighted by atomic mass is 9.92. The van der Waals surface area contributed by atoms with Crippen molar-refractivity contribution in [2.24, 2.45) is 17.8 Å². The lowest BCUT2D eigenvalue weighted by molar-refractivity contribution is -0.127. The molecule has 1 saturated heterocycles. The molecule has 0 spiro atoms. The first kappa shape index (κ1) is 16.4. The molecule has 1 aromatic carbocycles. The van der Waals surface area contributed by atoms with Crippen molar-refractivity contribution in [2.45, 2.75) is 51.1 Å². The number of benzene rings is 1. The molecule has 3 aliphatic rings. The Balaban J connectivity index is 1.32. The van der Waals surface area contributed by atoms with E-state index in [1.165, 1.54) is 31.2 Å². The number of fused-ring (bicyclic) bond motifs is 2. The minimum atomic E-state index is 0.150. The molecule has 2 bridgehead atoms. The minimum Gasteiger partial charge on any atom is -0.353 e. The number of amides is 1. The molecule has 3 nitrogen and oxygen atoms in total. The maximum Gasteiger partial charge on any atom is 0.224 e. The Hall–Kier alpha value is -1.06. The average Bonchev–Trinajstić information content (AvgIpc) is 3.18. The van der Waals surface area contributed by atoms with Crippen LogP contribution in [0.2, 0.25) is 5.02 Å². The van der Waals surface area contributed by atoms with Gasteiger partial charge in [-0.05, 0) is 68.2 Å². The summed E-state index contributed by atoms with van der Waals surface area (Å²) < 4.78 is 0. The zero-order valence-corrected chi connectivity index (χ0v) is 15.0. The molecular formula is C20H27ClN2O. The molecule has 1 heterocycles. The van der Waals surface area contributed by atoms with E-state index in [1.54, 1.807) is 0 Å². The van der Waals surface area contributed by atoms with Gasteiger partial charge in [0.25, 0.3) is 0 Å². The third-order valence-electron chi connectivity index (χ3n) is 6.24. The summed E-state index contributed by atoms with van der Waals surface area (Å²) in [5.41, 5.74) is 1.23. The number of nitrogens with one attached hydrogen (secondary N) is 1. The van der Waals surface area contributed by atoms with Crippen LogP contribution in [-0.4, -0.2) is 29.9 Å². The number of carbonyl (C=O) groups is 1. The Morgan fingerprint density at radius 2 is 2.17 bits per heavy atom. The van der Waals surface area contributed by atoms with Crippen LogP contribution in [0.1, 0.15) is 44.1 Å². The van der Waals surface area contributed by atoms with Crippen LogP contribution >= 0.6 is 11.6 Å². The molecule has 24 heavy (non-hydrogen) atoms. The van der Waals surface area contributed by atoms with E-state index in [4.69, 9.17) is 11.6 Å². The summed E-state index contributed by atoms with van der Waals surface area (Å²) in [5.74, 6) is 2.08. The average molecular weight is 347 g/mol. The summed E-state index contributed by atoms with van der Waals surface area (Å²) in [6.07, 6.45) is 7.40. The van der Waals surface area contributed by atoms with Crippen molar-refractivity contribution in [1.29, 1.82) is 0 Å². The molecule has 130 valence electrons. The van der Waals surface area contributed by atoms with Gasteiger partial charge in [0.15, 0.2) is 0 Å². The Kier molecular flexibility index (Phi) is 4.82. The number of nitrogens with zero attached hydrogens (tertiary/aromatic N) is 1. The van der Waals surface area contributed by atoms with Gasteiger partial charge < -0.3 is 5.32 Å².